The van der Waals surface area contributed by atoms with E-state index < -0.39 is 0 Å². The van der Waals surface area contributed by atoms with Crippen molar-refractivity contribution in [2.75, 3.05) is 7.11 Å². The van der Waals surface area contributed by atoms with Crippen LogP contribution in [0, 0.1) is 11.8 Å². The molecule has 3 unspecified atom stereocenters. The fraction of sp³-hybridized carbons (Fsp3) is 0.562. The third kappa shape index (κ3) is 2.89. The summed E-state index contributed by atoms with van der Waals surface area (Å²) in [7, 11) is 1.53. The minimum Gasteiger partial charge on any atom is -0.507 e. The van der Waals surface area contributed by atoms with E-state index in [1.54, 1.807) is 12.1 Å². The summed E-state index contributed by atoms with van der Waals surface area (Å²) in [5, 5.41) is 12.9. The van der Waals surface area contributed by atoms with Gasteiger partial charge in [-0.15, -0.1) is 0 Å². The average molecular weight is 277 g/mol. The summed E-state index contributed by atoms with van der Waals surface area (Å²) in [6.07, 6.45) is 3.33. The lowest BCUT2D eigenvalue weighted by atomic mass is 9.93. The molecule has 2 rings (SSSR count). The van der Waals surface area contributed by atoms with Gasteiger partial charge in [0.15, 0.2) is 0 Å². The Morgan fingerprint density at radius 2 is 2.20 bits per heavy atom. The van der Waals surface area contributed by atoms with Crippen LogP contribution in [0.1, 0.15) is 43.5 Å². The van der Waals surface area contributed by atoms with Gasteiger partial charge in [0.1, 0.15) is 11.5 Å². The van der Waals surface area contributed by atoms with Gasteiger partial charge in [-0.25, -0.2) is 0 Å². The van der Waals surface area contributed by atoms with Gasteiger partial charge in [-0.3, -0.25) is 4.79 Å². The number of carbonyl (C=O) groups excluding carboxylic acids is 1. The number of methoxy groups -OCH3 is 1. The molecule has 1 aliphatic carbocycles. The third-order valence-corrected chi connectivity index (χ3v) is 4.52. The predicted octanol–water partition coefficient (Wildman–Crippen LogP) is 2.96. The van der Waals surface area contributed by atoms with E-state index in [0.29, 0.717) is 23.1 Å². The summed E-state index contributed by atoms with van der Waals surface area (Å²) in [5.41, 5.74) is 0.304. The van der Waals surface area contributed by atoms with Crippen molar-refractivity contribution in [1.82, 2.24) is 5.32 Å². The Morgan fingerprint density at radius 3 is 2.75 bits per heavy atom. The molecule has 1 saturated carbocycles. The predicted molar refractivity (Wildman–Crippen MR) is 78.1 cm³/mol. The molecule has 20 heavy (non-hydrogen) atoms. The first-order valence-electron chi connectivity index (χ1n) is 7.24. The highest BCUT2D eigenvalue weighted by atomic mass is 16.5. The molecule has 0 aromatic heterocycles. The minimum atomic E-state index is -0.209. The van der Waals surface area contributed by atoms with Crippen LogP contribution in [0.4, 0.5) is 0 Å². The van der Waals surface area contributed by atoms with E-state index in [9.17, 15) is 9.90 Å². The third-order valence-electron chi connectivity index (χ3n) is 4.52. The minimum absolute atomic E-state index is 0.0421. The van der Waals surface area contributed by atoms with Crippen molar-refractivity contribution in [3.8, 4) is 11.5 Å². The number of rotatable bonds is 4. The Kier molecular flexibility index (Phi) is 4.53. The molecule has 0 aliphatic heterocycles. The molecule has 1 fully saturated rings. The standard InChI is InChI=1S/C16H23NO3/c1-4-11-5-8-14(10(11)2)17-16(19)13-7-6-12(20-3)9-15(13)18/h6-7,9-11,14,18H,4-5,8H2,1-3H3,(H,17,19). The maximum Gasteiger partial charge on any atom is 0.255 e. The first kappa shape index (κ1) is 14.7. The maximum absolute atomic E-state index is 12.2. The van der Waals surface area contributed by atoms with Crippen molar-refractivity contribution >= 4 is 5.91 Å². The average Bonchev–Trinajstić information content (AvgIpc) is 2.79. The molecule has 0 spiro atoms. The van der Waals surface area contributed by atoms with Crippen molar-refractivity contribution < 1.29 is 14.6 Å². The zero-order chi connectivity index (χ0) is 14.7. The zero-order valence-corrected chi connectivity index (χ0v) is 12.3. The SMILES string of the molecule is CCC1CCC(NC(=O)c2ccc(OC)cc2O)C1C. The van der Waals surface area contributed by atoms with E-state index in [0.717, 1.165) is 19.3 Å². The first-order valence-corrected chi connectivity index (χ1v) is 7.24. The van der Waals surface area contributed by atoms with E-state index in [1.807, 2.05) is 0 Å². The largest absolute Gasteiger partial charge is 0.507 e. The van der Waals surface area contributed by atoms with Crippen LogP contribution in [-0.4, -0.2) is 24.2 Å². The van der Waals surface area contributed by atoms with Crippen molar-refractivity contribution in [1.29, 1.82) is 0 Å². The van der Waals surface area contributed by atoms with Crippen LogP contribution in [0.3, 0.4) is 0 Å². The van der Waals surface area contributed by atoms with Gasteiger partial charge in [0.05, 0.1) is 12.7 Å². The van der Waals surface area contributed by atoms with Gasteiger partial charge in [-0.1, -0.05) is 20.3 Å². The Balaban J connectivity index is 2.05. The molecule has 0 saturated heterocycles. The second-order valence-electron chi connectivity index (χ2n) is 5.57. The molecule has 2 N–H and O–H groups in total. The highest BCUT2D eigenvalue weighted by molar-refractivity contribution is 5.97. The zero-order valence-electron chi connectivity index (χ0n) is 12.3. The van der Waals surface area contributed by atoms with Crippen LogP contribution in [0.25, 0.3) is 0 Å². The topological polar surface area (TPSA) is 58.6 Å². The highest BCUT2D eigenvalue weighted by Crippen LogP contribution is 2.34. The summed E-state index contributed by atoms with van der Waals surface area (Å²) >= 11 is 0. The molecule has 3 atom stereocenters. The van der Waals surface area contributed by atoms with Gasteiger partial charge in [-0.05, 0) is 36.8 Å². The quantitative estimate of drug-likeness (QED) is 0.889. The van der Waals surface area contributed by atoms with Crippen LogP contribution in [0.2, 0.25) is 0 Å². The second-order valence-corrected chi connectivity index (χ2v) is 5.57. The van der Waals surface area contributed by atoms with E-state index in [2.05, 4.69) is 19.2 Å². The molecule has 1 aliphatic rings. The molecular weight excluding hydrogens is 254 g/mol. The molecule has 1 aromatic carbocycles. The molecule has 4 nitrogen and oxygen atoms in total. The second kappa shape index (κ2) is 6.16. The number of ether oxygens (including phenoxy) is 1. The molecule has 110 valence electrons. The smallest absolute Gasteiger partial charge is 0.255 e. The van der Waals surface area contributed by atoms with E-state index in [-0.39, 0.29) is 17.7 Å². The summed E-state index contributed by atoms with van der Waals surface area (Å²) in [4.78, 5) is 12.2. The number of hydrogen-bond donors (Lipinski definition) is 2. The number of amides is 1. The Morgan fingerprint density at radius 1 is 1.45 bits per heavy atom. The molecule has 1 amide bonds. The van der Waals surface area contributed by atoms with Gasteiger partial charge in [0, 0.05) is 12.1 Å². The Hall–Kier alpha value is -1.71. The van der Waals surface area contributed by atoms with Crippen LogP contribution in [0.15, 0.2) is 18.2 Å². The normalized spacial score (nSPS) is 25.4. The number of benzene rings is 1. The Bertz CT molecular complexity index is 487. The summed E-state index contributed by atoms with van der Waals surface area (Å²) in [6, 6.07) is 4.94. The van der Waals surface area contributed by atoms with Crippen LogP contribution in [0.5, 0.6) is 11.5 Å². The highest BCUT2D eigenvalue weighted by Gasteiger charge is 2.32. The lowest BCUT2D eigenvalue weighted by Gasteiger charge is -2.21. The Labute approximate surface area is 120 Å². The summed E-state index contributed by atoms with van der Waals surface area (Å²) in [6.45, 7) is 4.39. The number of phenols is 1. The van der Waals surface area contributed by atoms with Crippen molar-refractivity contribution in [2.24, 2.45) is 11.8 Å². The fourth-order valence-electron chi connectivity index (χ4n) is 3.10. The molecule has 0 bridgehead atoms. The van der Waals surface area contributed by atoms with Gasteiger partial charge < -0.3 is 15.2 Å². The molecule has 1 aromatic rings. The monoisotopic (exact) mass is 277 g/mol. The van der Waals surface area contributed by atoms with Gasteiger partial charge in [0.2, 0.25) is 0 Å². The maximum atomic E-state index is 12.2. The van der Waals surface area contributed by atoms with Crippen LogP contribution in [-0.2, 0) is 0 Å². The van der Waals surface area contributed by atoms with Gasteiger partial charge in [-0.2, -0.15) is 0 Å². The summed E-state index contributed by atoms with van der Waals surface area (Å²) in [5.74, 6) is 1.46. The lowest BCUT2D eigenvalue weighted by molar-refractivity contribution is 0.0924. The van der Waals surface area contributed by atoms with Crippen molar-refractivity contribution in [3.05, 3.63) is 23.8 Å². The van der Waals surface area contributed by atoms with Gasteiger partial charge >= 0.3 is 0 Å². The molecule has 0 heterocycles. The van der Waals surface area contributed by atoms with Crippen molar-refractivity contribution in [3.63, 3.8) is 0 Å². The van der Waals surface area contributed by atoms with Crippen molar-refractivity contribution in [2.45, 2.75) is 39.2 Å². The number of aromatic hydroxyl groups is 1. The number of carbonyl (C=O) groups is 1. The molecule has 0 radical (unpaired) electrons. The van der Waals surface area contributed by atoms with Crippen LogP contribution < -0.4 is 10.1 Å². The van der Waals surface area contributed by atoms with E-state index in [4.69, 9.17) is 4.74 Å². The number of hydrogen-bond acceptors (Lipinski definition) is 3. The molecule has 4 heteroatoms. The number of nitrogens with one attached hydrogen (secondary N) is 1. The number of phenolic OH excluding ortho intramolecular Hbond substituents is 1. The summed E-state index contributed by atoms with van der Waals surface area (Å²) < 4.78 is 5.02. The first-order chi connectivity index (χ1) is 9.56. The van der Waals surface area contributed by atoms with Gasteiger partial charge in [0.25, 0.3) is 5.91 Å². The lowest BCUT2D eigenvalue weighted by Crippen LogP contribution is -2.37. The van der Waals surface area contributed by atoms with E-state index in [1.165, 1.54) is 13.2 Å². The fourth-order valence-corrected chi connectivity index (χ4v) is 3.10. The van der Waals surface area contributed by atoms with E-state index >= 15 is 0 Å². The van der Waals surface area contributed by atoms with Crippen LogP contribution >= 0.6 is 0 Å². The molecular formula is C16H23NO3.